The maximum Gasteiger partial charge on any atom is 0.422 e. The Bertz CT molecular complexity index is 1280. The van der Waals surface area contributed by atoms with Crippen molar-refractivity contribution in [2.75, 3.05) is 50.7 Å². The first-order valence-corrected chi connectivity index (χ1v) is 15.2. The van der Waals surface area contributed by atoms with Crippen molar-refractivity contribution in [1.29, 1.82) is 0 Å². The van der Waals surface area contributed by atoms with Crippen LogP contribution in [0.3, 0.4) is 0 Å². The SMILES string of the molecule is O=C1CCC(c2ccc(N3CCC(CN4CC5(CCN(NC(=O)OCc6ccccc6)CC5)C4)CC3)c(F)c2)C(=O)N1. The zero-order valence-electron chi connectivity index (χ0n) is 24.0. The van der Waals surface area contributed by atoms with Gasteiger partial charge in [0.15, 0.2) is 0 Å². The quantitative estimate of drug-likeness (QED) is 0.484. The van der Waals surface area contributed by atoms with Crippen LogP contribution in [0.2, 0.25) is 0 Å². The van der Waals surface area contributed by atoms with E-state index in [2.05, 4.69) is 20.5 Å². The summed E-state index contributed by atoms with van der Waals surface area (Å²) in [6.45, 7) is 6.87. The predicted molar refractivity (Wildman–Crippen MR) is 156 cm³/mol. The molecule has 4 saturated heterocycles. The molecule has 0 aromatic heterocycles. The summed E-state index contributed by atoms with van der Waals surface area (Å²) in [5, 5.41) is 4.33. The summed E-state index contributed by atoms with van der Waals surface area (Å²) < 4.78 is 20.4. The number of anilines is 1. The summed E-state index contributed by atoms with van der Waals surface area (Å²) >= 11 is 0. The molecule has 1 unspecified atom stereocenters. The van der Waals surface area contributed by atoms with Gasteiger partial charge < -0.3 is 14.5 Å². The first kappa shape index (κ1) is 28.6. The molecular weight excluding hydrogens is 537 g/mol. The van der Waals surface area contributed by atoms with Crippen LogP contribution in [0.4, 0.5) is 14.9 Å². The number of hydrogen-bond acceptors (Lipinski definition) is 7. The molecule has 9 nitrogen and oxygen atoms in total. The number of imide groups is 1. The summed E-state index contributed by atoms with van der Waals surface area (Å²) in [5.41, 5.74) is 5.44. The topological polar surface area (TPSA) is 94.2 Å². The Labute approximate surface area is 246 Å². The Balaban J connectivity index is 0.895. The van der Waals surface area contributed by atoms with E-state index < -0.39 is 12.0 Å². The summed E-state index contributed by atoms with van der Waals surface area (Å²) in [6.07, 6.45) is 4.49. The lowest BCUT2D eigenvalue weighted by atomic mass is 9.72. The van der Waals surface area contributed by atoms with Gasteiger partial charge in [-0.15, -0.1) is 0 Å². The molecule has 2 aromatic carbocycles. The van der Waals surface area contributed by atoms with Crippen LogP contribution in [0, 0.1) is 17.2 Å². The Morgan fingerprint density at radius 3 is 2.43 bits per heavy atom. The van der Waals surface area contributed by atoms with Crippen LogP contribution in [-0.4, -0.2) is 73.6 Å². The Hall–Kier alpha value is -3.50. The van der Waals surface area contributed by atoms with Gasteiger partial charge in [-0.05, 0) is 66.7 Å². The van der Waals surface area contributed by atoms with Crippen LogP contribution >= 0.6 is 0 Å². The zero-order chi connectivity index (χ0) is 29.1. The largest absolute Gasteiger partial charge is 0.444 e. The first-order chi connectivity index (χ1) is 20.4. The molecule has 2 aromatic rings. The summed E-state index contributed by atoms with van der Waals surface area (Å²) in [5.74, 6) is -0.771. The molecule has 3 amide bonds. The van der Waals surface area contributed by atoms with E-state index in [0.717, 1.165) is 77.1 Å². The summed E-state index contributed by atoms with van der Waals surface area (Å²) in [6, 6.07) is 14.8. The number of hydrogen-bond donors (Lipinski definition) is 2. The number of carbonyl (C=O) groups excluding carboxylic acids is 3. The van der Waals surface area contributed by atoms with Crippen LogP contribution in [0.15, 0.2) is 48.5 Å². The minimum absolute atomic E-state index is 0.263. The molecular formula is C32H40FN5O4. The molecule has 0 aliphatic carbocycles. The molecule has 0 bridgehead atoms. The van der Waals surface area contributed by atoms with Crippen molar-refractivity contribution < 1.29 is 23.5 Å². The summed E-state index contributed by atoms with van der Waals surface area (Å²) in [7, 11) is 0. The van der Waals surface area contributed by atoms with Crippen molar-refractivity contribution in [1.82, 2.24) is 20.7 Å². The van der Waals surface area contributed by atoms with Gasteiger partial charge in [0.1, 0.15) is 12.4 Å². The number of piperidine rings is 3. The molecule has 4 aliphatic heterocycles. The van der Waals surface area contributed by atoms with Gasteiger partial charge in [-0.25, -0.2) is 14.2 Å². The monoisotopic (exact) mass is 577 g/mol. The molecule has 10 heteroatoms. The van der Waals surface area contributed by atoms with Gasteiger partial charge in [0.25, 0.3) is 0 Å². The third-order valence-electron chi connectivity index (χ3n) is 9.49. The number of hydrazine groups is 1. The zero-order valence-corrected chi connectivity index (χ0v) is 24.0. The lowest BCUT2D eigenvalue weighted by Gasteiger charge is -2.55. The van der Waals surface area contributed by atoms with Crippen molar-refractivity contribution in [3.8, 4) is 0 Å². The van der Waals surface area contributed by atoms with E-state index in [-0.39, 0.29) is 30.7 Å². The second-order valence-electron chi connectivity index (χ2n) is 12.5. The van der Waals surface area contributed by atoms with Gasteiger partial charge in [-0.2, -0.15) is 0 Å². The highest BCUT2D eigenvalue weighted by Gasteiger charge is 2.45. The Morgan fingerprint density at radius 2 is 1.74 bits per heavy atom. The number of nitrogens with one attached hydrogen (secondary N) is 2. The standard InChI is InChI=1S/C32H40FN5O4/c33-27-18-25(26-7-9-29(39)34-30(26)40)6-8-28(27)37-14-10-23(11-15-37)19-36-21-32(22-36)12-16-38(17-13-32)35-31(41)42-20-24-4-2-1-3-5-24/h1-6,8,18,23,26H,7,9-17,19-22H2,(H,35,41)(H,34,39,40). The fourth-order valence-corrected chi connectivity index (χ4v) is 7.05. The number of nitrogens with zero attached hydrogens (tertiary/aromatic N) is 3. The van der Waals surface area contributed by atoms with Crippen molar-refractivity contribution >= 4 is 23.6 Å². The van der Waals surface area contributed by atoms with Crippen molar-refractivity contribution in [2.45, 2.75) is 51.0 Å². The first-order valence-electron chi connectivity index (χ1n) is 15.2. The lowest BCUT2D eigenvalue weighted by molar-refractivity contribution is -0.134. The fraction of sp³-hybridized carbons (Fsp3) is 0.531. The minimum atomic E-state index is -0.471. The van der Waals surface area contributed by atoms with Gasteiger partial charge in [-0.3, -0.25) is 20.3 Å². The Kier molecular flexibility index (Phi) is 8.44. The third kappa shape index (κ3) is 6.60. The highest BCUT2D eigenvalue weighted by molar-refractivity contribution is 6.00. The summed E-state index contributed by atoms with van der Waals surface area (Å²) in [4.78, 5) is 40.5. The van der Waals surface area contributed by atoms with E-state index in [1.165, 1.54) is 6.07 Å². The highest BCUT2D eigenvalue weighted by Crippen LogP contribution is 2.41. The van der Waals surface area contributed by atoms with Gasteiger partial charge in [0.2, 0.25) is 11.8 Å². The van der Waals surface area contributed by atoms with E-state index in [0.29, 0.717) is 29.0 Å². The van der Waals surface area contributed by atoms with E-state index in [9.17, 15) is 14.4 Å². The predicted octanol–water partition coefficient (Wildman–Crippen LogP) is 3.80. The number of rotatable bonds is 7. The molecule has 2 N–H and O–H groups in total. The van der Waals surface area contributed by atoms with E-state index >= 15 is 4.39 Å². The Morgan fingerprint density at radius 1 is 1.00 bits per heavy atom. The van der Waals surface area contributed by atoms with Crippen LogP contribution < -0.4 is 15.6 Å². The highest BCUT2D eigenvalue weighted by atomic mass is 19.1. The molecule has 6 rings (SSSR count). The number of carbonyl (C=O) groups is 3. The fourth-order valence-electron chi connectivity index (χ4n) is 7.05. The molecule has 1 atom stereocenters. The van der Waals surface area contributed by atoms with Gasteiger partial charge in [-0.1, -0.05) is 36.4 Å². The van der Waals surface area contributed by atoms with Gasteiger partial charge in [0.05, 0.1) is 11.6 Å². The second-order valence-corrected chi connectivity index (χ2v) is 12.5. The van der Waals surface area contributed by atoms with E-state index in [4.69, 9.17) is 4.74 Å². The van der Waals surface area contributed by atoms with Crippen LogP contribution in [0.5, 0.6) is 0 Å². The maximum atomic E-state index is 15.1. The molecule has 224 valence electrons. The molecule has 42 heavy (non-hydrogen) atoms. The van der Waals surface area contributed by atoms with Crippen molar-refractivity contribution in [2.24, 2.45) is 11.3 Å². The molecule has 0 saturated carbocycles. The van der Waals surface area contributed by atoms with Gasteiger partial charge in [0, 0.05) is 52.2 Å². The molecule has 4 fully saturated rings. The third-order valence-corrected chi connectivity index (χ3v) is 9.49. The average molecular weight is 578 g/mol. The van der Waals surface area contributed by atoms with Crippen LogP contribution in [0.1, 0.15) is 55.6 Å². The van der Waals surface area contributed by atoms with Crippen molar-refractivity contribution in [3.05, 3.63) is 65.5 Å². The number of ether oxygens (including phenoxy) is 1. The number of likely N-dealkylation sites (tertiary alicyclic amines) is 1. The maximum absolute atomic E-state index is 15.1. The second kappa shape index (κ2) is 12.4. The molecule has 4 heterocycles. The number of halogens is 1. The molecule has 1 spiro atoms. The molecule has 0 radical (unpaired) electrons. The normalized spacial score (nSPS) is 23.4. The number of amides is 3. The minimum Gasteiger partial charge on any atom is -0.444 e. The van der Waals surface area contributed by atoms with E-state index in [1.54, 1.807) is 6.07 Å². The average Bonchev–Trinajstić information content (AvgIpc) is 2.97. The molecule has 4 aliphatic rings. The van der Waals surface area contributed by atoms with Crippen molar-refractivity contribution in [3.63, 3.8) is 0 Å². The van der Waals surface area contributed by atoms with Crippen LogP contribution in [0.25, 0.3) is 0 Å². The number of benzene rings is 2. The lowest BCUT2D eigenvalue weighted by Crippen LogP contribution is -2.62. The van der Waals surface area contributed by atoms with Crippen LogP contribution in [-0.2, 0) is 20.9 Å². The van der Waals surface area contributed by atoms with E-state index in [1.807, 2.05) is 41.4 Å². The smallest absolute Gasteiger partial charge is 0.422 e. The van der Waals surface area contributed by atoms with Gasteiger partial charge >= 0.3 is 6.09 Å².